The summed E-state index contributed by atoms with van der Waals surface area (Å²) in [5.41, 5.74) is 1.84. The zero-order valence-corrected chi connectivity index (χ0v) is 6.12. The molecule has 2 atom stereocenters. The van der Waals surface area contributed by atoms with E-state index in [0.29, 0.717) is 12.8 Å². The predicted octanol–water partition coefficient (Wildman–Crippen LogP) is -0.513. The Kier molecular flexibility index (Phi) is 5.52. The Morgan fingerprint density at radius 2 is 1.90 bits per heavy atom. The second-order valence-electron chi connectivity index (χ2n) is 2.31. The molecule has 0 saturated heterocycles. The zero-order chi connectivity index (χ0) is 7.98. The summed E-state index contributed by atoms with van der Waals surface area (Å²) in [5.74, 6) is 0. The molecule has 0 heterocycles. The fourth-order valence-corrected chi connectivity index (χ4v) is 0.669. The minimum atomic E-state index is -0.667. The molecule has 0 rings (SSSR count). The van der Waals surface area contributed by atoms with Crippen LogP contribution in [0.4, 0.5) is 0 Å². The highest BCUT2D eigenvalue weighted by molar-refractivity contribution is 4.61. The lowest BCUT2D eigenvalue weighted by Gasteiger charge is -2.12. The van der Waals surface area contributed by atoms with E-state index in [1.807, 2.05) is 12.4 Å². The van der Waals surface area contributed by atoms with Crippen molar-refractivity contribution in [3.8, 4) is 0 Å². The second-order valence-corrected chi connectivity index (χ2v) is 2.31. The molecular formula is C6H15NO3. The van der Waals surface area contributed by atoms with E-state index in [1.165, 1.54) is 0 Å². The van der Waals surface area contributed by atoms with E-state index in [1.54, 1.807) is 0 Å². The standard InChI is InChI=1S/C6H15NO3/c1-2-5(8)3-6(9)4-7-10/h5-10H,2-4H2,1H3. The first-order valence-corrected chi connectivity index (χ1v) is 3.43. The Morgan fingerprint density at radius 3 is 2.30 bits per heavy atom. The van der Waals surface area contributed by atoms with E-state index in [0.717, 1.165) is 0 Å². The van der Waals surface area contributed by atoms with Crippen LogP contribution in [0.2, 0.25) is 0 Å². The molecule has 0 bridgehead atoms. The second kappa shape index (κ2) is 5.61. The van der Waals surface area contributed by atoms with Gasteiger partial charge < -0.3 is 15.4 Å². The van der Waals surface area contributed by atoms with Crippen molar-refractivity contribution in [2.45, 2.75) is 32.0 Å². The van der Waals surface area contributed by atoms with Crippen molar-refractivity contribution < 1.29 is 15.4 Å². The number of hydrogen-bond acceptors (Lipinski definition) is 4. The van der Waals surface area contributed by atoms with Crippen LogP contribution in [0, 0.1) is 0 Å². The van der Waals surface area contributed by atoms with Crippen LogP contribution < -0.4 is 5.48 Å². The molecule has 0 aliphatic heterocycles. The summed E-state index contributed by atoms with van der Waals surface area (Å²) in [4.78, 5) is 0. The third-order valence-corrected chi connectivity index (χ3v) is 1.34. The highest BCUT2D eigenvalue weighted by Crippen LogP contribution is 2.00. The monoisotopic (exact) mass is 149 g/mol. The highest BCUT2D eigenvalue weighted by Gasteiger charge is 2.08. The molecule has 2 unspecified atom stereocenters. The van der Waals surface area contributed by atoms with Gasteiger partial charge in [0.15, 0.2) is 0 Å². The normalized spacial score (nSPS) is 16.8. The Bertz CT molecular complexity index is 79.4. The van der Waals surface area contributed by atoms with E-state index < -0.39 is 12.2 Å². The molecule has 62 valence electrons. The van der Waals surface area contributed by atoms with Crippen LogP contribution in [-0.2, 0) is 0 Å². The van der Waals surface area contributed by atoms with E-state index in [-0.39, 0.29) is 6.54 Å². The van der Waals surface area contributed by atoms with Gasteiger partial charge in [-0.25, -0.2) is 5.48 Å². The Hall–Kier alpha value is -0.160. The molecular weight excluding hydrogens is 134 g/mol. The van der Waals surface area contributed by atoms with Gasteiger partial charge in [0, 0.05) is 13.0 Å². The molecule has 0 aliphatic rings. The molecule has 0 spiro atoms. The molecule has 0 amide bonds. The summed E-state index contributed by atoms with van der Waals surface area (Å²) in [6.07, 6.45) is -0.199. The summed E-state index contributed by atoms with van der Waals surface area (Å²) in [5, 5.41) is 26.1. The average Bonchev–Trinajstić information content (AvgIpc) is 1.88. The average molecular weight is 149 g/mol. The van der Waals surface area contributed by atoms with Crippen LogP contribution in [0.1, 0.15) is 19.8 Å². The Balaban J connectivity index is 3.27. The van der Waals surface area contributed by atoms with Crippen molar-refractivity contribution in [3.63, 3.8) is 0 Å². The van der Waals surface area contributed by atoms with Crippen molar-refractivity contribution in [3.05, 3.63) is 0 Å². The Labute approximate surface area is 60.5 Å². The van der Waals surface area contributed by atoms with Gasteiger partial charge in [-0.2, -0.15) is 0 Å². The fraction of sp³-hybridized carbons (Fsp3) is 1.00. The van der Waals surface area contributed by atoms with Crippen LogP contribution in [0.15, 0.2) is 0 Å². The topological polar surface area (TPSA) is 72.7 Å². The van der Waals surface area contributed by atoms with Crippen molar-refractivity contribution in [2.75, 3.05) is 6.54 Å². The van der Waals surface area contributed by atoms with E-state index in [9.17, 15) is 0 Å². The molecule has 0 aromatic carbocycles. The number of aliphatic hydroxyl groups excluding tert-OH is 2. The molecule has 0 aromatic heterocycles. The highest BCUT2D eigenvalue weighted by atomic mass is 16.5. The lowest BCUT2D eigenvalue weighted by molar-refractivity contribution is 0.0482. The molecule has 0 aliphatic carbocycles. The maximum absolute atomic E-state index is 8.99. The van der Waals surface area contributed by atoms with Crippen molar-refractivity contribution >= 4 is 0 Å². The minimum absolute atomic E-state index is 0.108. The largest absolute Gasteiger partial charge is 0.393 e. The molecule has 4 N–H and O–H groups in total. The summed E-state index contributed by atoms with van der Waals surface area (Å²) in [6.45, 7) is 1.95. The molecule has 0 aromatic rings. The zero-order valence-electron chi connectivity index (χ0n) is 6.12. The van der Waals surface area contributed by atoms with Crippen LogP contribution in [0.25, 0.3) is 0 Å². The summed E-state index contributed by atoms with van der Waals surface area (Å²) in [6, 6.07) is 0. The van der Waals surface area contributed by atoms with Crippen LogP contribution in [0.3, 0.4) is 0 Å². The van der Waals surface area contributed by atoms with E-state index >= 15 is 0 Å². The van der Waals surface area contributed by atoms with Crippen LogP contribution in [-0.4, -0.2) is 34.2 Å². The van der Waals surface area contributed by atoms with Gasteiger partial charge in [-0.3, -0.25) is 0 Å². The minimum Gasteiger partial charge on any atom is -0.393 e. The van der Waals surface area contributed by atoms with Gasteiger partial charge in [0.1, 0.15) is 0 Å². The number of aliphatic hydroxyl groups is 2. The van der Waals surface area contributed by atoms with Gasteiger partial charge in [-0.15, -0.1) is 0 Å². The quantitative estimate of drug-likeness (QED) is 0.397. The first-order chi connectivity index (χ1) is 4.70. The number of nitrogens with one attached hydrogen (secondary N) is 1. The lowest BCUT2D eigenvalue weighted by atomic mass is 10.1. The summed E-state index contributed by atoms with van der Waals surface area (Å²) < 4.78 is 0. The van der Waals surface area contributed by atoms with Crippen molar-refractivity contribution in [2.24, 2.45) is 0 Å². The van der Waals surface area contributed by atoms with Crippen LogP contribution >= 0.6 is 0 Å². The number of hydroxylamine groups is 1. The van der Waals surface area contributed by atoms with Gasteiger partial charge in [0.2, 0.25) is 0 Å². The van der Waals surface area contributed by atoms with Gasteiger partial charge in [0.05, 0.1) is 12.2 Å². The predicted molar refractivity (Wildman–Crippen MR) is 36.7 cm³/mol. The molecule has 10 heavy (non-hydrogen) atoms. The summed E-state index contributed by atoms with van der Waals surface area (Å²) in [7, 11) is 0. The van der Waals surface area contributed by atoms with Gasteiger partial charge in [-0.05, 0) is 6.42 Å². The van der Waals surface area contributed by atoms with Gasteiger partial charge in [-0.1, -0.05) is 6.92 Å². The van der Waals surface area contributed by atoms with Gasteiger partial charge >= 0.3 is 0 Å². The molecule has 0 radical (unpaired) electrons. The maximum atomic E-state index is 8.99. The van der Waals surface area contributed by atoms with Crippen LogP contribution in [0.5, 0.6) is 0 Å². The van der Waals surface area contributed by atoms with Crippen molar-refractivity contribution in [1.82, 2.24) is 5.48 Å². The summed E-state index contributed by atoms with van der Waals surface area (Å²) >= 11 is 0. The number of hydrogen-bond donors (Lipinski definition) is 4. The smallest absolute Gasteiger partial charge is 0.0712 e. The third kappa shape index (κ3) is 4.69. The van der Waals surface area contributed by atoms with Gasteiger partial charge in [0.25, 0.3) is 0 Å². The Morgan fingerprint density at radius 1 is 1.30 bits per heavy atom. The molecule has 4 nitrogen and oxygen atoms in total. The SMILES string of the molecule is CCC(O)CC(O)CNO. The third-order valence-electron chi connectivity index (χ3n) is 1.34. The number of rotatable bonds is 5. The van der Waals surface area contributed by atoms with Crippen molar-refractivity contribution in [1.29, 1.82) is 0 Å². The molecule has 4 heteroatoms. The maximum Gasteiger partial charge on any atom is 0.0712 e. The van der Waals surface area contributed by atoms with E-state index in [4.69, 9.17) is 15.4 Å². The fourth-order valence-electron chi connectivity index (χ4n) is 0.669. The first-order valence-electron chi connectivity index (χ1n) is 3.43. The van der Waals surface area contributed by atoms with E-state index in [2.05, 4.69) is 0 Å². The lowest BCUT2D eigenvalue weighted by Crippen LogP contribution is -2.27. The molecule has 0 saturated carbocycles. The first kappa shape index (κ1) is 9.84. The molecule has 0 fully saturated rings.